The molecule has 4 rings (SSSR count). The number of carbonyl (C=O) groups excluding carboxylic acids is 4. The minimum Gasteiger partial charge on any atom is -0.497 e. The van der Waals surface area contributed by atoms with Crippen LogP contribution in [0.15, 0.2) is 66.7 Å². The van der Waals surface area contributed by atoms with E-state index in [-0.39, 0.29) is 26.7 Å². The number of methoxy groups -OCH3 is 1. The number of sulfone groups is 1. The smallest absolute Gasteiger partial charge is 0.330 e. The maximum atomic E-state index is 13.7. The summed E-state index contributed by atoms with van der Waals surface area (Å²) in [7, 11) is -2.15. The molecule has 0 radical (unpaired) electrons. The predicted octanol–water partition coefficient (Wildman–Crippen LogP) is 4.57. The molecule has 1 aliphatic heterocycles. The Bertz CT molecular complexity index is 1550. The molecule has 0 aromatic heterocycles. The van der Waals surface area contributed by atoms with Crippen LogP contribution in [0.25, 0.3) is 0 Å². The Labute approximate surface area is 240 Å². The van der Waals surface area contributed by atoms with Crippen LogP contribution in [0.5, 0.6) is 5.75 Å². The van der Waals surface area contributed by atoms with Gasteiger partial charge in [-0.15, -0.1) is 0 Å². The number of amides is 2. The van der Waals surface area contributed by atoms with Gasteiger partial charge in [0.15, 0.2) is 6.10 Å². The number of benzene rings is 3. The zero-order valence-corrected chi connectivity index (χ0v) is 23.6. The van der Waals surface area contributed by atoms with E-state index in [4.69, 9.17) is 32.7 Å². The van der Waals surface area contributed by atoms with E-state index in [1.165, 1.54) is 31.4 Å². The number of ether oxygens (including phenoxy) is 2. The van der Waals surface area contributed by atoms with Crippen molar-refractivity contribution in [1.82, 2.24) is 4.90 Å². The molecule has 40 heavy (non-hydrogen) atoms. The Balaban J connectivity index is 1.71. The number of carbonyl (C=O) groups is 4. The van der Waals surface area contributed by atoms with Gasteiger partial charge in [-0.05, 0) is 42.8 Å². The van der Waals surface area contributed by atoms with Gasteiger partial charge in [-0.3, -0.25) is 19.3 Å². The molecular weight excluding hydrogens is 581 g/mol. The molecule has 0 unspecified atom stereocenters. The third-order valence-electron chi connectivity index (χ3n) is 6.25. The lowest BCUT2D eigenvalue weighted by Crippen LogP contribution is -2.47. The summed E-state index contributed by atoms with van der Waals surface area (Å²) >= 11 is 12.1. The first-order chi connectivity index (χ1) is 18.9. The Hall–Kier alpha value is -3.73. The lowest BCUT2D eigenvalue weighted by Gasteiger charge is -2.27. The first kappa shape index (κ1) is 29.3. The molecule has 1 aliphatic rings. The van der Waals surface area contributed by atoms with Crippen molar-refractivity contribution in [2.45, 2.75) is 18.6 Å². The molecule has 2 amide bonds. The highest BCUT2D eigenvalue weighted by atomic mass is 35.5. The van der Waals surface area contributed by atoms with Crippen molar-refractivity contribution in [2.75, 3.05) is 19.1 Å². The summed E-state index contributed by atoms with van der Waals surface area (Å²) in [5, 5.41) is 0.0424. The van der Waals surface area contributed by atoms with Crippen molar-refractivity contribution in [3.05, 3.63) is 99.0 Å². The first-order valence-corrected chi connectivity index (χ1v) is 14.7. The monoisotopic (exact) mass is 603 g/mol. The normalized spacial score (nSPS) is 14.4. The van der Waals surface area contributed by atoms with E-state index in [0.29, 0.717) is 16.2 Å². The van der Waals surface area contributed by atoms with E-state index in [9.17, 15) is 27.6 Å². The summed E-state index contributed by atoms with van der Waals surface area (Å²) < 4.78 is 34.8. The topological polar surface area (TPSA) is 124 Å². The molecule has 1 heterocycles. The van der Waals surface area contributed by atoms with Crippen LogP contribution < -0.4 is 4.74 Å². The molecule has 9 nitrogen and oxygen atoms in total. The second-order valence-electron chi connectivity index (χ2n) is 9.05. The standard InChI is InChI=1S/C28H23Cl2NO8S/c1-38-18-10-8-16(9-11-18)24(32)25(17-6-4-3-5-7-17)39-28(35)23(12-13-40(2,36)37)31-26(33)19-14-21(29)22(30)15-20(19)27(31)34/h3-11,14-15,23,25H,12-13H2,1-2H3/t23-,25-/m1/s1. The second-order valence-corrected chi connectivity index (χ2v) is 12.1. The molecule has 3 aromatic rings. The number of fused-ring (bicyclic) bond motifs is 1. The summed E-state index contributed by atoms with van der Waals surface area (Å²) in [4.78, 5) is 54.4. The highest BCUT2D eigenvalue weighted by Gasteiger charge is 2.45. The lowest BCUT2D eigenvalue weighted by molar-refractivity contribution is -0.152. The van der Waals surface area contributed by atoms with Gasteiger partial charge < -0.3 is 9.47 Å². The van der Waals surface area contributed by atoms with Crippen LogP contribution in [0.4, 0.5) is 0 Å². The molecule has 0 spiro atoms. The molecule has 2 atom stereocenters. The minimum atomic E-state index is -3.62. The van der Waals surface area contributed by atoms with Gasteiger partial charge in [-0.25, -0.2) is 13.2 Å². The Morgan fingerprint density at radius 2 is 1.45 bits per heavy atom. The van der Waals surface area contributed by atoms with E-state index in [1.807, 2.05) is 0 Å². The van der Waals surface area contributed by atoms with Crippen molar-refractivity contribution >= 4 is 56.6 Å². The number of imide groups is 1. The molecule has 0 saturated carbocycles. The van der Waals surface area contributed by atoms with Crippen molar-refractivity contribution in [3.8, 4) is 5.75 Å². The molecule has 12 heteroatoms. The zero-order chi connectivity index (χ0) is 29.2. The summed E-state index contributed by atoms with van der Waals surface area (Å²) in [5.41, 5.74) is 0.357. The average molecular weight is 604 g/mol. The first-order valence-electron chi connectivity index (χ1n) is 11.9. The van der Waals surface area contributed by atoms with Crippen molar-refractivity contribution in [2.24, 2.45) is 0 Å². The van der Waals surface area contributed by atoms with Gasteiger partial charge in [0.05, 0.1) is 34.0 Å². The predicted molar refractivity (Wildman–Crippen MR) is 148 cm³/mol. The Morgan fingerprint density at radius 1 is 0.900 bits per heavy atom. The molecule has 0 N–H and O–H groups in total. The van der Waals surface area contributed by atoms with E-state index >= 15 is 0 Å². The largest absolute Gasteiger partial charge is 0.497 e. The molecule has 0 fully saturated rings. The minimum absolute atomic E-state index is 0.0212. The number of ketones is 1. The van der Waals surface area contributed by atoms with Crippen molar-refractivity contribution in [3.63, 3.8) is 0 Å². The summed E-state index contributed by atoms with van der Waals surface area (Å²) in [6.07, 6.45) is -0.956. The number of esters is 1. The van der Waals surface area contributed by atoms with Gasteiger partial charge in [-0.1, -0.05) is 53.5 Å². The molecule has 3 aromatic carbocycles. The fourth-order valence-electron chi connectivity index (χ4n) is 4.22. The maximum absolute atomic E-state index is 13.7. The summed E-state index contributed by atoms with van der Waals surface area (Å²) in [6.45, 7) is 0. The number of Topliss-reactive ketones (excluding diaryl/α,β-unsaturated/α-hetero) is 1. The number of rotatable bonds is 10. The third-order valence-corrected chi connectivity index (χ3v) is 7.95. The van der Waals surface area contributed by atoms with Crippen LogP contribution in [-0.2, 0) is 19.4 Å². The van der Waals surface area contributed by atoms with E-state index in [2.05, 4.69) is 0 Å². The van der Waals surface area contributed by atoms with E-state index in [0.717, 1.165) is 6.26 Å². The van der Waals surface area contributed by atoms with Crippen LogP contribution >= 0.6 is 23.2 Å². The van der Waals surface area contributed by atoms with Gasteiger partial charge >= 0.3 is 5.97 Å². The van der Waals surface area contributed by atoms with Crippen LogP contribution in [-0.4, -0.2) is 62.0 Å². The number of hydrogen-bond acceptors (Lipinski definition) is 8. The number of halogens is 2. The molecular formula is C28H23Cl2NO8S. The summed E-state index contributed by atoms with van der Waals surface area (Å²) in [5.74, 6) is -3.48. The molecule has 208 valence electrons. The van der Waals surface area contributed by atoms with Crippen LogP contribution in [0.3, 0.4) is 0 Å². The van der Waals surface area contributed by atoms with Crippen molar-refractivity contribution < 1.29 is 37.1 Å². The van der Waals surface area contributed by atoms with Gasteiger partial charge in [0.2, 0.25) is 5.78 Å². The molecule has 0 bridgehead atoms. The zero-order valence-electron chi connectivity index (χ0n) is 21.3. The van der Waals surface area contributed by atoms with Gasteiger partial charge in [0, 0.05) is 17.4 Å². The van der Waals surface area contributed by atoms with Crippen LogP contribution in [0.2, 0.25) is 10.0 Å². The second kappa shape index (κ2) is 11.8. The number of hydrogen-bond donors (Lipinski definition) is 0. The van der Waals surface area contributed by atoms with Crippen molar-refractivity contribution in [1.29, 1.82) is 0 Å². The highest BCUT2D eigenvalue weighted by Crippen LogP contribution is 2.34. The summed E-state index contributed by atoms with van der Waals surface area (Å²) in [6, 6.07) is 15.1. The van der Waals surface area contributed by atoms with Crippen LogP contribution in [0.1, 0.15) is 49.2 Å². The van der Waals surface area contributed by atoms with Gasteiger partial charge in [0.1, 0.15) is 21.6 Å². The fraction of sp³-hybridized carbons (Fsp3) is 0.214. The number of nitrogens with zero attached hydrogens (tertiary/aromatic N) is 1. The lowest BCUT2D eigenvalue weighted by atomic mass is 9.99. The Morgan fingerprint density at radius 3 is 1.95 bits per heavy atom. The maximum Gasteiger partial charge on any atom is 0.330 e. The van der Waals surface area contributed by atoms with E-state index < -0.39 is 57.7 Å². The van der Waals surface area contributed by atoms with Gasteiger partial charge in [-0.2, -0.15) is 0 Å². The molecule has 0 aliphatic carbocycles. The van der Waals surface area contributed by atoms with Crippen LogP contribution in [0, 0.1) is 0 Å². The third kappa shape index (κ3) is 6.19. The SMILES string of the molecule is COc1ccc(C(=O)[C@H](OC(=O)[C@@H](CCS(C)(=O)=O)N2C(=O)c3cc(Cl)c(Cl)cc3C2=O)c2ccccc2)cc1. The molecule has 0 saturated heterocycles. The van der Waals surface area contributed by atoms with E-state index in [1.54, 1.807) is 42.5 Å². The fourth-order valence-corrected chi connectivity index (χ4v) is 5.19. The quantitative estimate of drug-likeness (QED) is 0.187. The van der Waals surface area contributed by atoms with Gasteiger partial charge in [0.25, 0.3) is 11.8 Å². The Kier molecular flexibility index (Phi) is 8.62. The highest BCUT2D eigenvalue weighted by molar-refractivity contribution is 7.90. The average Bonchev–Trinajstić information content (AvgIpc) is 3.16.